The molecule has 0 aromatic heterocycles. The van der Waals surface area contributed by atoms with Gasteiger partial charge in [-0.15, -0.1) is 0 Å². The number of nitrogens with one attached hydrogen (secondary N) is 1. The molecule has 0 bridgehead atoms. The lowest BCUT2D eigenvalue weighted by molar-refractivity contribution is -0.119. The van der Waals surface area contributed by atoms with Crippen molar-refractivity contribution in [2.45, 2.75) is 25.8 Å². The predicted octanol–water partition coefficient (Wildman–Crippen LogP) is 2.80. The lowest BCUT2D eigenvalue weighted by atomic mass is 10.1. The summed E-state index contributed by atoms with van der Waals surface area (Å²) < 4.78 is 0. The number of carbonyl (C=O) groups excluding carboxylic acids is 1. The molecule has 0 saturated heterocycles. The van der Waals surface area contributed by atoms with Crippen LogP contribution in [0, 0.1) is 0 Å². The van der Waals surface area contributed by atoms with Crippen LogP contribution in [0.2, 0.25) is 0 Å². The second-order valence-corrected chi connectivity index (χ2v) is 5.90. The summed E-state index contributed by atoms with van der Waals surface area (Å²) in [6.45, 7) is 3.30. The Balaban J connectivity index is 1.52. The number of fused-ring (bicyclic) bond motifs is 1. The molecule has 114 valence electrons. The van der Waals surface area contributed by atoms with Gasteiger partial charge in [-0.2, -0.15) is 0 Å². The van der Waals surface area contributed by atoms with E-state index in [2.05, 4.69) is 47.5 Å². The Morgan fingerprint density at radius 2 is 1.86 bits per heavy atom. The van der Waals surface area contributed by atoms with Crippen LogP contribution in [0.3, 0.4) is 0 Å². The van der Waals surface area contributed by atoms with Crippen molar-refractivity contribution in [2.75, 3.05) is 18.0 Å². The topological polar surface area (TPSA) is 32.3 Å². The highest BCUT2D eigenvalue weighted by Gasteiger charge is 2.26. The molecule has 2 aromatic carbocycles. The van der Waals surface area contributed by atoms with Crippen LogP contribution in [0.25, 0.3) is 0 Å². The Morgan fingerprint density at radius 3 is 2.68 bits per heavy atom. The van der Waals surface area contributed by atoms with Crippen LogP contribution >= 0.6 is 0 Å². The maximum absolute atomic E-state index is 12.2. The second-order valence-electron chi connectivity index (χ2n) is 5.90. The van der Waals surface area contributed by atoms with Gasteiger partial charge >= 0.3 is 0 Å². The molecule has 1 heterocycles. The average molecular weight is 294 g/mol. The van der Waals surface area contributed by atoms with Crippen molar-refractivity contribution >= 4 is 11.6 Å². The van der Waals surface area contributed by atoms with E-state index >= 15 is 0 Å². The first-order chi connectivity index (χ1) is 10.7. The number of hydrogen-bond donors (Lipinski definition) is 1. The fourth-order valence-electron chi connectivity index (χ4n) is 3.07. The number of hydrogen-bond acceptors (Lipinski definition) is 2. The summed E-state index contributed by atoms with van der Waals surface area (Å²) >= 11 is 0. The molecule has 1 aliphatic heterocycles. The van der Waals surface area contributed by atoms with E-state index < -0.39 is 0 Å². The highest BCUT2D eigenvalue weighted by atomic mass is 16.2. The zero-order chi connectivity index (χ0) is 15.4. The normalized spacial score (nSPS) is 16.4. The minimum atomic E-state index is 0.0967. The fourth-order valence-corrected chi connectivity index (χ4v) is 3.07. The second kappa shape index (κ2) is 6.65. The summed E-state index contributed by atoms with van der Waals surface area (Å²) in [6.07, 6.45) is 1.90. The molecule has 1 N–H and O–H groups in total. The molecule has 0 fully saturated rings. The van der Waals surface area contributed by atoms with Crippen molar-refractivity contribution in [3.8, 4) is 0 Å². The standard InChI is InChI=1S/C19H22N2O/c1-15-13-17-9-5-6-10-18(17)21(15)14-19(22)20-12-11-16-7-3-2-4-8-16/h2-10,15H,11-14H2,1H3,(H,20,22)/t15-/m1/s1. The van der Waals surface area contributed by atoms with Crippen molar-refractivity contribution in [3.05, 3.63) is 65.7 Å². The zero-order valence-electron chi connectivity index (χ0n) is 13.0. The quantitative estimate of drug-likeness (QED) is 0.919. The molecule has 0 saturated carbocycles. The first-order valence-electron chi connectivity index (χ1n) is 7.89. The van der Waals surface area contributed by atoms with E-state index in [1.54, 1.807) is 0 Å². The van der Waals surface area contributed by atoms with Gasteiger partial charge in [0.05, 0.1) is 6.54 Å². The first kappa shape index (κ1) is 14.6. The van der Waals surface area contributed by atoms with Crippen LogP contribution in [-0.2, 0) is 17.6 Å². The van der Waals surface area contributed by atoms with Crippen molar-refractivity contribution in [3.63, 3.8) is 0 Å². The van der Waals surface area contributed by atoms with Crippen molar-refractivity contribution in [1.29, 1.82) is 0 Å². The van der Waals surface area contributed by atoms with Crippen LogP contribution in [0.1, 0.15) is 18.1 Å². The smallest absolute Gasteiger partial charge is 0.239 e. The number of anilines is 1. The van der Waals surface area contributed by atoms with Gasteiger partial charge in [0.1, 0.15) is 0 Å². The fraction of sp³-hybridized carbons (Fsp3) is 0.316. The highest BCUT2D eigenvalue weighted by molar-refractivity contribution is 5.82. The Labute approximate surface area is 132 Å². The van der Waals surface area contributed by atoms with E-state index in [4.69, 9.17) is 0 Å². The van der Waals surface area contributed by atoms with E-state index in [1.165, 1.54) is 16.8 Å². The molecule has 0 aliphatic carbocycles. The third-order valence-corrected chi connectivity index (χ3v) is 4.24. The summed E-state index contributed by atoms with van der Waals surface area (Å²) in [6, 6.07) is 19.0. The summed E-state index contributed by atoms with van der Waals surface area (Å²) in [7, 11) is 0. The minimum absolute atomic E-state index is 0.0967. The van der Waals surface area contributed by atoms with Crippen LogP contribution in [0.4, 0.5) is 5.69 Å². The van der Waals surface area contributed by atoms with Gasteiger partial charge in [0.15, 0.2) is 0 Å². The summed E-state index contributed by atoms with van der Waals surface area (Å²) in [5.41, 5.74) is 3.79. The lowest BCUT2D eigenvalue weighted by Crippen LogP contribution is -2.40. The van der Waals surface area contributed by atoms with Gasteiger partial charge in [-0.3, -0.25) is 4.79 Å². The van der Waals surface area contributed by atoms with Crippen molar-refractivity contribution in [2.24, 2.45) is 0 Å². The summed E-state index contributed by atoms with van der Waals surface area (Å²) in [4.78, 5) is 14.4. The zero-order valence-corrected chi connectivity index (χ0v) is 13.0. The summed E-state index contributed by atoms with van der Waals surface area (Å²) in [5, 5.41) is 3.03. The van der Waals surface area contributed by atoms with Gasteiger partial charge in [0, 0.05) is 18.3 Å². The molecule has 0 unspecified atom stereocenters. The van der Waals surface area contributed by atoms with Crippen LogP contribution < -0.4 is 10.2 Å². The SMILES string of the molecule is C[C@@H]1Cc2ccccc2N1CC(=O)NCCc1ccccc1. The number of para-hydroxylation sites is 1. The van der Waals surface area contributed by atoms with E-state index in [-0.39, 0.29) is 5.91 Å². The lowest BCUT2D eigenvalue weighted by Gasteiger charge is -2.24. The molecule has 0 spiro atoms. The Bertz CT molecular complexity index is 639. The third kappa shape index (κ3) is 3.30. The van der Waals surface area contributed by atoms with E-state index in [0.717, 1.165) is 12.8 Å². The third-order valence-electron chi connectivity index (χ3n) is 4.24. The maximum Gasteiger partial charge on any atom is 0.239 e. The van der Waals surface area contributed by atoms with Gasteiger partial charge in [0.25, 0.3) is 0 Å². The number of rotatable bonds is 5. The summed E-state index contributed by atoms with van der Waals surface area (Å²) in [5.74, 6) is 0.0967. The van der Waals surface area contributed by atoms with E-state index in [0.29, 0.717) is 19.1 Å². The van der Waals surface area contributed by atoms with Crippen molar-refractivity contribution in [1.82, 2.24) is 5.32 Å². The minimum Gasteiger partial charge on any atom is -0.359 e. The van der Waals surface area contributed by atoms with Gasteiger partial charge in [-0.25, -0.2) is 0 Å². The average Bonchev–Trinajstić information content (AvgIpc) is 2.84. The maximum atomic E-state index is 12.2. The predicted molar refractivity (Wildman–Crippen MR) is 90.1 cm³/mol. The van der Waals surface area contributed by atoms with Crippen LogP contribution in [-0.4, -0.2) is 25.0 Å². The monoisotopic (exact) mass is 294 g/mol. The first-order valence-corrected chi connectivity index (χ1v) is 7.89. The highest BCUT2D eigenvalue weighted by Crippen LogP contribution is 2.31. The van der Waals surface area contributed by atoms with Gasteiger partial charge < -0.3 is 10.2 Å². The molecule has 2 aromatic rings. The van der Waals surface area contributed by atoms with Gasteiger partial charge in [0.2, 0.25) is 5.91 Å². The largest absolute Gasteiger partial charge is 0.359 e. The molecule has 1 aliphatic rings. The molecular formula is C19H22N2O. The van der Waals surface area contributed by atoms with E-state index in [1.807, 2.05) is 24.3 Å². The molecule has 3 rings (SSSR count). The Hall–Kier alpha value is -2.29. The van der Waals surface area contributed by atoms with Crippen molar-refractivity contribution < 1.29 is 4.79 Å². The molecule has 0 radical (unpaired) electrons. The molecule has 1 atom stereocenters. The van der Waals surface area contributed by atoms with Crippen LogP contribution in [0.5, 0.6) is 0 Å². The molecule has 3 heteroatoms. The number of benzene rings is 2. The molecule has 1 amide bonds. The molecule has 3 nitrogen and oxygen atoms in total. The number of amides is 1. The number of nitrogens with zero attached hydrogens (tertiary/aromatic N) is 1. The Morgan fingerprint density at radius 1 is 1.14 bits per heavy atom. The van der Waals surface area contributed by atoms with Crippen LogP contribution in [0.15, 0.2) is 54.6 Å². The van der Waals surface area contributed by atoms with Gasteiger partial charge in [-0.1, -0.05) is 48.5 Å². The number of carbonyl (C=O) groups is 1. The molecular weight excluding hydrogens is 272 g/mol. The molecule has 22 heavy (non-hydrogen) atoms. The Kier molecular flexibility index (Phi) is 4.42. The van der Waals surface area contributed by atoms with E-state index in [9.17, 15) is 4.79 Å². The van der Waals surface area contributed by atoms with Gasteiger partial charge in [-0.05, 0) is 37.0 Å².